The first kappa shape index (κ1) is 27.5. The lowest BCUT2D eigenvalue weighted by Crippen LogP contribution is -2.62. The number of nitrogens with one attached hydrogen (secondary N) is 2. The molecule has 34 heavy (non-hydrogen) atoms. The number of likely N-dealkylation sites (tertiary alicyclic amines) is 1. The summed E-state index contributed by atoms with van der Waals surface area (Å²) >= 11 is 0. The Morgan fingerprint density at radius 3 is 2.12 bits per heavy atom. The molecule has 0 bridgehead atoms. The van der Waals surface area contributed by atoms with Gasteiger partial charge >= 0.3 is 6.09 Å². The van der Waals surface area contributed by atoms with Gasteiger partial charge in [0.2, 0.25) is 23.5 Å². The van der Waals surface area contributed by atoms with Crippen molar-refractivity contribution in [3.63, 3.8) is 0 Å². The summed E-state index contributed by atoms with van der Waals surface area (Å²) in [6.07, 6.45) is -0.0101. The predicted molar refractivity (Wildman–Crippen MR) is 117 cm³/mol. The van der Waals surface area contributed by atoms with Crippen LogP contribution in [-0.2, 0) is 19.2 Å². The van der Waals surface area contributed by atoms with Gasteiger partial charge < -0.3 is 26.4 Å². The second kappa shape index (κ2) is 9.83. The van der Waals surface area contributed by atoms with Gasteiger partial charge in [-0.25, -0.2) is 13.6 Å². The van der Waals surface area contributed by atoms with Crippen molar-refractivity contribution in [3.05, 3.63) is 0 Å². The predicted octanol–water partition coefficient (Wildman–Crippen LogP) is 1.41. The van der Waals surface area contributed by atoms with Crippen LogP contribution >= 0.6 is 0 Å². The van der Waals surface area contributed by atoms with Crippen molar-refractivity contribution in [2.45, 2.75) is 90.3 Å². The van der Waals surface area contributed by atoms with Gasteiger partial charge in [-0.2, -0.15) is 0 Å². The number of hydrogen-bond donors (Lipinski definition) is 4. The van der Waals surface area contributed by atoms with Crippen LogP contribution in [-0.4, -0.2) is 70.2 Å². The van der Waals surface area contributed by atoms with E-state index in [1.165, 1.54) is 4.90 Å². The fourth-order valence-corrected chi connectivity index (χ4v) is 4.31. The molecule has 0 aromatic rings. The van der Waals surface area contributed by atoms with E-state index in [-0.39, 0.29) is 18.4 Å². The molecule has 3 atom stereocenters. The highest BCUT2D eigenvalue weighted by atomic mass is 19.3. The van der Waals surface area contributed by atoms with E-state index in [2.05, 4.69) is 10.6 Å². The van der Waals surface area contributed by atoms with E-state index < -0.39 is 71.9 Å². The average molecular weight is 489 g/mol. The lowest BCUT2D eigenvalue weighted by Gasteiger charge is -2.42. The van der Waals surface area contributed by atoms with Crippen molar-refractivity contribution < 1.29 is 37.9 Å². The maximum atomic E-state index is 13.4. The van der Waals surface area contributed by atoms with Gasteiger partial charge in [0, 0.05) is 13.0 Å². The van der Waals surface area contributed by atoms with E-state index in [0.29, 0.717) is 13.3 Å². The Bertz CT molecular complexity index is 847. The number of hydrogen-bond acceptors (Lipinski definition) is 5. The summed E-state index contributed by atoms with van der Waals surface area (Å²) in [5.41, 5.74) is 4.10. The molecule has 1 aliphatic carbocycles. The number of primary amides is 1. The number of piperidine rings is 1. The molecule has 1 saturated heterocycles. The maximum absolute atomic E-state index is 13.4. The Morgan fingerprint density at radius 2 is 1.68 bits per heavy atom. The van der Waals surface area contributed by atoms with Gasteiger partial charge in [-0.05, 0) is 49.9 Å². The van der Waals surface area contributed by atoms with E-state index in [4.69, 9.17) is 5.73 Å². The number of carbonyl (C=O) groups is 5. The Hall–Kier alpha value is -2.79. The van der Waals surface area contributed by atoms with Crippen LogP contribution in [0.25, 0.3) is 0 Å². The molecule has 1 aliphatic heterocycles. The number of alkyl halides is 2. The fraction of sp³-hybridized carbons (Fsp3) is 0.773. The topological polar surface area (TPSA) is 159 Å². The largest absolute Gasteiger partial charge is 0.465 e. The summed E-state index contributed by atoms with van der Waals surface area (Å²) in [6, 6.07) is -3.75. The number of amides is 4. The van der Waals surface area contributed by atoms with Crippen molar-refractivity contribution in [3.8, 4) is 0 Å². The first-order chi connectivity index (χ1) is 15.5. The van der Waals surface area contributed by atoms with Gasteiger partial charge in [-0.3, -0.25) is 19.2 Å². The van der Waals surface area contributed by atoms with Gasteiger partial charge in [-0.15, -0.1) is 0 Å². The van der Waals surface area contributed by atoms with Gasteiger partial charge in [0.25, 0.3) is 5.91 Å². The molecular weight excluding hydrogens is 454 g/mol. The van der Waals surface area contributed by atoms with Crippen molar-refractivity contribution >= 4 is 29.6 Å². The van der Waals surface area contributed by atoms with Crippen LogP contribution in [0, 0.1) is 10.8 Å². The molecule has 2 fully saturated rings. The smallest absolute Gasteiger partial charge is 0.405 e. The number of nitrogens with zero attached hydrogens (tertiary/aromatic N) is 1. The molecule has 2 rings (SSSR count). The molecule has 192 valence electrons. The normalized spacial score (nSPS) is 21.4. The SMILES string of the molecule is CC(F)(F)CCC(NC(=O)C1CC2(CCN1C(=O)C(NC(=O)O)C(C)(C)C)CC2)C(=O)C(N)=O. The Labute approximate surface area is 197 Å². The molecule has 12 heteroatoms. The molecule has 5 N–H and O–H groups in total. The average Bonchev–Trinajstić information content (AvgIpc) is 3.44. The Balaban J connectivity index is 2.29. The lowest BCUT2D eigenvalue weighted by atomic mass is 9.82. The number of Topliss-reactive ketones (excluding diaryl/α,β-unsaturated/α-hetero) is 1. The maximum Gasteiger partial charge on any atom is 0.405 e. The first-order valence-electron chi connectivity index (χ1n) is 11.3. The second-order valence-electron chi connectivity index (χ2n) is 10.6. The van der Waals surface area contributed by atoms with Crippen LogP contribution in [0.1, 0.15) is 66.2 Å². The molecule has 0 aromatic carbocycles. The van der Waals surface area contributed by atoms with Gasteiger partial charge in [-0.1, -0.05) is 20.8 Å². The van der Waals surface area contributed by atoms with Crippen molar-refractivity contribution in [2.75, 3.05) is 6.54 Å². The standard InChI is InChI=1S/C22H34F2N4O6/c1-20(2,3)15(27-19(33)34)18(32)28-10-9-22(7-8-22)11-13(28)17(31)26-12(14(29)16(25)30)5-6-21(4,23)24/h12-13,15,27H,5-11H2,1-4H3,(H2,25,30)(H,26,31)(H,33,34). The van der Waals surface area contributed by atoms with E-state index in [1.54, 1.807) is 20.8 Å². The molecular formula is C22H34F2N4O6. The summed E-state index contributed by atoms with van der Waals surface area (Å²) in [5.74, 6) is -7.05. The summed E-state index contributed by atoms with van der Waals surface area (Å²) in [6.45, 7) is 5.89. The number of ketones is 1. The minimum Gasteiger partial charge on any atom is -0.465 e. The van der Waals surface area contributed by atoms with Gasteiger partial charge in [0.1, 0.15) is 12.1 Å². The molecule has 2 aliphatic rings. The van der Waals surface area contributed by atoms with Crippen molar-refractivity contribution in [1.82, 2.24) is 15.5 Å². The minimum absolute atomic E-state index is 0.129. The quantitative estimate of drug-likeness (QED) is 0.359. The Kier molecular flexibility index (Phi) is 7.94. The van der Waals surface area contributed by atoms with Gasteiger partial charge in [0.15, 0.2) is 0 Å². The Morgan fingerprint density at radius 1 is 1.09 bits per heavy atom. The summed E-state index contributed by atoms with van der Waals surface area (Å²) in [4.78, 5) is 62.9. The van der Waals surface area contributed by atoms with Crippen LogP contribution in [0.15, 0.2) is 0 Å². The lowest BCUT2D eigenvalue weighted by molar-refractivity contribution is -0.148. The summed E-state index contributed by atoms with van der Waals surface area (Å²) < 4.78 is 26.7. The number of nitrogens with two attached hydrogens (primary N) is 1. The molecule has 1 heterocycles. The van der Waals surface area contributed by atoms with E-state index >= 15 is 0 Å². The minimum atomic E-state index is -3.13. The third-order valence-electron chi connectivity index (χ3n) is 6.56. The third-order valence-corrected chi connectivity index (χ3v) is 6.56. The third kappa shape index (κ3) is 7.10. The monoisotopic (exact) mass is 488 g/mol. The van der Waals surface area contributed by atoms with Crippen molar-refractivity contribution in [1.29, 1.82) is 0 Å². The van der Waals surface area contributed by atoms with Crippen molar-refractivity contribution in [2.24, 2.45) is 16.6 Å². The molecule has 1 spiro atoms. The molecule has 1 saturated carbocycles. The zero-order chi connectivity index (χ0) is 26.1. The molecule has 4 amide bonds. The highest BCUT2D eigenvalue weighted by molar-refractivity contribution is 6.37. The number of rotatable bonds is 9. The zero-order valence-electron chi connectivity index (χ0n) is 20.0. The highest BCUT2D eigenvalue weighted by Gasteiger charge is 2.52. The molecule has 0 radical (unpaired) electrons. The number of carboxylic acid groups (broad SMARTS) is 1. The number of carbonyl (C=O) groups excluding carboxylic acids is 4. The van der Waals surface area contributed by atoms with Crippen LogP contribution in [0.5, 0.6) is 0 Å². The van der Waals surface area contributed by atoms with Gasteiger partial charge in [0.05, 0.1) is 6.04 Å². The van der Waals surface area contributed by atoms with E-state index in [9.17, 15) is 37.9 Å². The summed E-state index contributed by atoms with van der Waals surface area (Å²) in [7, 11) is 0. The number of halogens is 2. The highest BCUT2D eigenvalue weighted by Crippen LogP contribution is 2.55. The molecule has 0 aromatic heterocycles. The van der Waals surface area contributed by atoms with E-state index in [0.717, 1.165) is 12.8 Å². The zero-order valence-corrected chi connectivity index (χ0v) is 20.0. The van der Waals surface area contributed by atoms with Crippen LogP contribution in [0.4, 0.5) is 13.6 Å². The fourth-order valence-electron chi connectivity index (χ4n) is 4.31. The summed E-state index contributed by atoms with van der Waals surface area (Å²) in [5, 5.41) is 13.8. The van der Waals surface area contributed by atoms with Crippen LogP contribution in [0.2, 0.25) is 0 Å². The van der Waals surface area contributed by atoms with Crippen LogP contribution < -0.4 is 16.4 Å². The van der Waals surface area contributed by atoms with Crippen LogP contribution in [0.3, 0.4) is 0 Å². The van der Waals surface area contributed by atoms with E-state index in [1.807, 2.05) is 0 Å². The second-order valence-corrected chi connectivity index (χ2v) is 10.6. The molecule has 3 unspecified atom stereocenters. The first-order valence-corrected chi connectivity index (χ1v) is 11.3. The molecule has 10 nitrogen and oxygen atoms in total.